The van der Waals surface area contributed by atoms with Crippen molar-refractivity contribution in [1.82, 2.24) is 4.90 Å². The molecule has 1 aliphatic carbocycles. The molecule has 7 nitrogen and oxygen atoms in total. The lowest BCUT2D eigenvalue weighted by Crippen LogP contribution is -2.35. The van der Waals surface area contributed by atoms with Crippen LogP contribution in [0.3, 0.4) is 0 Å². The fourth-order valence-corrected chi connectivity index (χ4v) is 4.37. The van der Waals surface area contributed by atoms with Gasteiger partial charge in [-0.2, -0.15) is 0 Å². The molecule has 2 heterocycles. The normalized spacial score (nSPS) is 31.4. The number of carbonyl (C=O) groups is 4. The third-order valence-corrected chi connectivity index (χ3v) is 5.77. The first kappa shape index (κ1) is 15.8. The molecule has 2 saturated heterocycles. The summed E-state index contributed by atoms with van der Waals surface area (Å²) in [4.78, 5) is 52.5. The molecule has 0 spiro atoms. The first-order chi connectivity index (χ1) is 11.9. The van der Waals surface area contributed by atoms with Gasteiger partial charge in [0, 0.05) is 19.8 Å². The Balaban J connectivity index is 1.64. The van der Waals surface area contributed by atoms with Crippen LogP contribution in [0.25, 0.3) is 0 Å². The van der Waals surface area contributed by atoms with Crippen molar-refractivity contribution >= 4 is 35.0 Å². The van der Waals surface area contributed by atoms with Crippen molar-refractivity contribution < 1.29 is 19.2 Å². The first-order valence-electron chi connectivity index (χ1n) is 8.41. The topological polar surface area (TPSA) is 86.8 Å². The zero-order valence-electron chi connectivity index (χ0n) is 14.1. The van der Waals surface area contributed by atoms with Crippen LogP contribution in [0.15, 0.2) is 24.3 Å². The average molecular weight is 341 g/mol. The van der Waals surface area contributed by atoms with Crippen LogP contribution in [0.4, 0.5) is 11.4 Å². The van der Waals surface area contributed by atoms with Crippen molar-refractivity contribution in [2.75, 3.05) is 24.3 Å². The molecule has 4 atom stereocenters. The molecular weight excluding hydrogens is 322 g/mol. The van der Waals surface area contributed by atoms with Crippen LogP contribution >= 0.6 is 0 Å². The van der Waals surface area contributed by atoms with Crippen molar-refractivity contribution in [3.8, 4) is 0 Å². The summed E-state index contributed by atoms with van der Waals surface area (Å²) in [6.45, 7) is 0. The van der Waals surface area contributed by atoms with Gasteiger partial charge in [0.25, 0.3) is 0 Å². The maximum absolute atomic E-state index is 12.8. The van der Waals surface area contributed by atoms with E-state index in [9.17, 15) is 19.2 Å². The second kappa shape index (κ2) is 5.40. The molecule has 1 N–H and O–H groups in total. The number of imide groups is 2. The lowest BCUT2D eigenvalue weighted by Gasteiger charge is -2.28. The van der Waals surface area contributed by atoms with E-state index < -0.39 is 23.7 Å². The van der Waals surface area contributed by atoms with Gasteiger partial charge >= 0.3 is 0 Å². The fraction of sp³-hybridized carbons (Fsp3) is 0.444. The van der Waals surface area contributed by atoms with Crippen LogP contribution in [0.5, 0.6) is 0 Å². The minimum Gasteiger partial charge on any atom is -0.388 e. The number of hydrogen-bond acceptors (Lipinski definition) is 5. The third-order valence-electron chi connectivity index (χ3n) is 5.77. The molecule has 1 aromatic rings. The molecule has 2 aliphatic heterocycles. The summed E-state index contributed by atoms with van der Waals surface area (Å²) >= 11 is 0. The number of anilines is 2. The van der Waals surface area contributed by atoms with Crippen LogP contribution in [-0.4, -0.2) is 42.6 Å². The van der Waals surface area contributed by atoms with E-state index in [2.05, 4.69) is 5.32 Å². The average Bonchev–Trinajstić information content (AvgIpc) is 3.00. The lowest BCUT2D eigenvalue weighted by atomic mass is 9.70. The Labute approximate surface area is 145 Å². The Morgan fingerprint density at radius 3 is 1.68 bits per heavy atom. The van der Waals surface area contributed by atoms with Crippen LogP contribution < -0.4 is 10.2 Å². The summed E-state index contributed by atoms with van der Waals surface area (Å²) in [5.74, 6) is -2.96. The number of rotatable bonds is 2. The summed E-state index contributed by atoms with van der Waals surface area (Å²) in [6, 6.07) is 7.05. The molecule has 0 radical (unpaired) electrons. The van der Waals surface area contributed by atoms with E-state index in [4.69, 9.17) is 0 Å². The van der Waals surface area contributed by atoms with E-state index in [1.165, 1.54) is 11.9 Å². The molecule has 3 fully saturated rings. The van der Waals surface area contributed by atoms with Gasteiger partial charge in [0.2, 0.25) is 23.6 Å². The van der Waals surface area contributed by atoms with E-state index in [1.54, 1.807) is 31.3 Å². The summed E-state index contributed by atoms with van der Waals surface area (Å²) in [5, 5.41) is 2.99. The van der Waals surface area contributed by atoms with Gasteiger partial charge in [-0.15, -0.1) is 0 Å². The number of carbonyl (C=O) groups excluding carboxylic acids is 4. The highest BCUT2D eigenvalue weighted by molar-refractivity contribution is 6.22. The smallest absolute Gasteiger partial charge is 0.237 e. The highest BCUT2D eigenvalue weighted by Gasteiger charge is 2.59. The number of benzene rings is 1. The van der Waals surface area contributed by atoms with Gasteiger partial charge in [-0.3, -0.25) is 29.0 Å². The van der Waals surface area contributed by atoms with Crippen LogP contribution in [0.1, 0.15) is 12.8 Å². The van der Waals surface area contributed by atoms with E-state index >= 15 is 0 Å². The predicted octanol–water partition coefficient (Wildman–Crippen LogP) is 0.859. The van der Waals surface area contributed by atoms with Crippen molar-refractivity contribution in [1.29, 1.82) is 0 Å². The maximum atomic E-state index is 12.8. The molecule has 25 heavy (non-hydrogen) atoms. The molecule has 130 valence electrons. The molecule has 1 aromatic carbocycles. The highest BCUT2D eigenvalue weighted by Crippen LogP contribution is 2.48. The molecule has 3 aliphatic rings. The van der Waals surface area contributed by atoms with E-state index in [0.717, 1.165) is 10.6 Å². The number of nitrogens with zero attached hydrogens (tertiary/aromatic N) is 2. The first-order valence-corrected chi connectivity index (χ1v) is 8.41. The zero-order chi connectivity index (χ0) is 17.9. The Bertz CT molecular complexity index is 746. The standard InChI is InChI=1S/C18H19N3O4/c1-19-9-3-5-10(6-4-9)21-17(24)13-7-11-12(8-14(13)18(21)25)16(23)20(2)15(11)22/h3-6,11-14,19H,7-8H2,1-2H3. The number of nitrogens with one attached hydrogen (secondary N) is 1. The quantitative estimate of drug-likeness (QED) is 0.806. The van der Waals surface area contributed by atoms with Gasteiger partial charge in [-0.25, -0.2) is 0 Å². The monoisotopic (exact) mass is 341 g/mol. The molecule has 4 unspecified atom stereocenters. The lowest BCUT2D eigenvalue weighted by molar-refractivity contribution is -0.138. The molecule has 7 heteroatoms. The number of amides is 4. The van der Waals surface area contributed by atoms with Crippen LogP contribution in [-0.2, 0) is 19.2 Å². The molecule has 0 aromatic heterocycles. The second-order valence-electron chi connectivity index (χ2n) is 6.94. The summed E-state index contributed by atoms with van der Waals surface area (Å²) < 4.78 is 0. The number of likely N-dealkylation sites (tertiary alicyclic amines) is 1. The summed E-state index contributed by atoms with van der Waals surface area (Å²) in [5.41, 5.74) is 1.41. The van der Waals surface area contributed by atoms with E-state index in [-0.39, 0.29) is 36.5 Å². The number of fused-ring (bicyclic) bond motifs is 2. The Kier molecular flexibility index (Phi) is 3.42. The summed E-state index contributed by atoms with van der Waals surface area (Å²) in [7, 11) is 3.26. The van der Waals surface area contributed by atoms with Gasteiger partial charge in [0.05, 0.1) is 29.4 Å². The molecular formula is C18H19N3O4. The minimum atomic E-state index is -0.513. The number of hydrogen-bond donors (Lipinski definition) is 1. The SMILES string of the molecule is CNc1ccc(N2C(=O)C3CC4C(=O)N(C)C(=O)C4CC3C2=O)cc1. The van der Waals surface area contributed by atoms with Gasteiger partial charge in [0.1, 0.15) is 0 Å². The second-order valence-corrected chi connectivity index (χ2v) is 6.94. The van der Waals surface area contributed by atoms with E-state index in [0.29, 0.717) is 5.69 Å². The van der Waals surface area contributed by atoms with Crippen molar-refractivity contribution in [3.05, 3.63) is 24.3 Å². The van der Waals surface area contributed by atoms with Crippen LogP contribution in [0.2, 0.25) is 0 Å². The zero-order valence-corrected chi connectivity index (χ0v) is 14.1. The third kappa shape index (κ3) is 2.11. The summed E-state index contributed by atoms with van der Waals surface area (Å²) in [6.07, 6.45) is 0.555. The Morgan fingerprint density at radius 2 is 1.24 bits per heavy atom. The Hall–Kier alpha value is -2.70. The van der Waals surface area contributed by atoms with E-state index in [1.807, 2.05) is 0 Å². The van der Waals surface area contributed by atoms with Crippen molar-refractivity contribution in [2.45, 2.75) is 12.8 Å². The van der Waals surface area contributed by atoms with Gasteiger partial charge in [-0.05, 0) is 37.1 Å². The van der Waals surface area contributed by atoms with Crippen molar-refractivity contribution in [3.63, 3.8) is 0 Å². The molecule has 4 amide bonds. The van der Waals surface area contributed by atoms with Crippen LogP contribution in [0, 0.1) is 23.7 Å². The predicted molar refractivity (Wildman–Crippen MR) is 89.5 cm³/mol. The molecule has 1 saturated carbocycles. The minimum absolute atomic E-state index is 0.231. The van der Waals surface area contributed by atoms with Gasteiger partial charge < -0.3 is 5.32 Å². The van der Waals surface area contributed by atoms with Gasteiger partial charge in [0.15, 0.2) is 0 Å². The highest BCUT2D eigenvalue weighted by atomic mass is 16.2. The Morgan fingerprint density at radius 1 is 0.800 bits per heavy atom. The van der Waals surface area contributed by atoms with Gasteiger partial charge in [-0.1, -0.05) is 0 Å². The molecule has 0 bridgehead atoms. The van der Waals surface area contributed by atoms with Crippen molar-refractivity contribution in [2.24, 2.45) is 23.7 Å². The largest absolute Gasteiger partial charge is 0.388 e. The molecule has 4 rings (SSSR count). The fourth-order valence-electron chi connectivity index (χ4n) is 4.37. The maximum Gasteiger partial charge on any atom is 0.237 e.